The van der Waals surface area contributed by atoms with Crippen LogP contribution in [0.25, 0.3) is 0 Å². The molecule has 0 heterocycles. The van der Waals surface area contributed by atoms with Gasteiger partial charge in [0.15, 0.2) is 0 Å². The molecule has 1 aromatic rings. The molecule has 0 spiro atoms. The Morgan fingerprint density at radius 2 is 2.10 bits per heavy atom. The summed E-state index contributed by atoms with van der Waals surface area (Å²) in [5.74, 6) is -5.43. The highest BCUT2D eigenvalue weighted by molar-refractivity contribution is 9.10. The van der Waals surface area contributed by atoms with Gasteiger partial charge in [-0.1, -0.05) is 28.1 Å². The zero-order valence-electron chi connectivity index (χ0n) is 11.4. The first-order valence-electron chi connectivity index (χ1n) is 5.86. The minimum absolute atomic E-state index is 0.123. The minimum Gasteiger partial charge on any atom is -0.461 e. The van der Waals surface area contributed by atoms with E-state index in [1.165, 1.54) is 38.2 Å². The van der Waals surface area contributed by atoms with E-state index in [0.29, 0.717) is 4.47 Å². The summed E-state index contributed by atoms with van der Waals surface area (Å²) in [6.45, 7) is 1.35. The summed E-state index contributed by atoms with van der Waals surface area (Å²) >= 11 is 3.20. The summed E-state index contributed by atoms with van der Waals surface area (Å²) in [6, 6.07) is 6.21. The number of hydrogen-bond acceptors (Lipinski definition) is 4. The third-order valence-electron chi connectivity index (χ3n) is 2.23. The van der Waals surface area contributed by atoms with Gasteiger partial charge in [0, 0.05) is 24.1 Å². The van der Waals surface area contributed by atoms with Crippen molar-refractivity contribution in [3.05, 3.63) is 34.3 Å². The van der Waals surface area contributed by atoms with Crippen molar-refractivity contribution in [2.45, 2.75) is 12.8 Å². The molecule has 0 amide bonds. The molecule has 0 N–H and O–H groups in total. The van der Waals surface area contributed by atoms with E-state index in [2.05, 4.69) is 25.8 Å². The number of rotatable bonds is 5. The molecule has 0 saturated heterocycles. The van der Waals surface area contributed by atoms with Crippen molar-refractivity contribution in [2.75, 3.05) is 20.7 Å². The largest absolute Gasteiger partial charge is 0.461 e. The number of nitrogens with zero attached hydrogens (tertiary/aromatic N) is 2. The summed E-state index contributed by atoms with van der Waals surface area (Å²) < 4.78 is 33.4. The van der Waals surface area contributed by atoms with E-state index in [1.54, 1.807) is 12.1 Å². The van der Waals surface area contributed by atoms with Crippen molar-refractivity contribution < 1.29 is 18.3 Å². The van der Waals surface area contributed by atoms with Gasteiger partial charge >= 0.3 is 11.9 Å². The number of carbonyl (C=O) groups excluding carboxylic acids is 1. The highest BCUT2D eigenvalue weighted by Crippen LogP contribution is 2.25. The summed E-state index contributed by atoms with van der Waals surface area (Å²) in [5.41, 5.74) is -0.506. The number of ether oxygens (including phenoxy) is 1. The van der Waals surface area contributed by atoms with Gasteiger partial charge < -0.3 is 9.75 Å². The van der Waals surface area contributed by atoms with Crippen molar-refractivity contribution in [2.24, 2.45) is 5.10 Å². The Labute approximate surface area is 124 Å². The van der Waals surface area contributed by atoms with E-state index < -0.39 is 17.6 Å². The van der Waals surface area contributed by atoms with E-state index in [0.717, 1.165) is 0 Å². The molecule has 0 aliphatic carbocycles. The predicted octanol–water partition coefficient (Wildman–Crippen LogP) is 2.91. The van der Waals surface area contributed by atoms with Crippen molar-refractivity contribution >= 4 is 27.6 Å². The van der Waals surface area contributed by atoms with E-state index in [4.69, 9.17) is 0 Å². The number of hydrazone groups is 1. The number of halogens is 3. The molecule has 0 aromatic heterocycles. The van der Waals surface area contributed by atoms with Gasteiger partial charge in [0.1, 0.15) is 5.71 Å². The predicted molar refractivity (Wildman–Crippen MR) is 75.9 cm³/mol. The Bertz CT molecular complexity index is 519. The molecule has 110 valence electrons. The quantitative estimate of drug-likeness (QED) is 0.466. The van der Waals surface area contributed by atoms with Crippen LogP contribution >= 0.6 is 15.9 Å². The maximum atomic E-state index is 14.2. The lowest BCUT2D eigenvalue weighted by Gasteiger charge is -2.19. The number of benzene rings is 1. The van der Waals surface area contributed by atoms with Gasteiger partial charge in [-0.15, -0.1) is 0 Å². The van der Waals surface area contributed by atoms with Gasteiger partial charge in [0.05, 0.1) is 6.61 Å². The van der Waals surface area contributed by atoms with E-state index in [-0.39, 0.29) is 12.2 Å². The molecule has 0 saturated carbocycles. The van der Waals surface area contributed by atoms with Crippen LogP contribution in [0.3, 0.4) is 0 Å². The zero-order valence-corrected chi connectivity index (χ0v) is 12.9. The Morgan fingerprint density at radius 1 is 1.45 bits per heavy atom. The van der Waals surface area contributed by atoms with E-state index in [9.17, 15) is 13.6 Å². The van der Waals surface area contributed by atoms with Crippen LogP contribution in [0.15, 0.2) is 33.8 Å². The maximum absolute atomic E-state index is 14.2. The molecule has 0 bridgehead atoms. The molecule has 0 radical (unpaired) electrons. The first-order chi connectivity index (χ1) is 9.28. The highest BCUT2D eigenvalue weighted by atomic mass is 79.9. The van der Waals surface area contributed by atoms with Crippen molar-refractivity contribution in [1.82, 2.24) is 5.01 Å². The van der Waals surface area contributed by atoms with Crippen LogP contribution in [0.5, 0.6) is 0 Å². The second kappa shape index (κ2) is 6.78. The van der Waals surface area contributed by atoms with Crippen LogP contribution in [-0.4, -0.2) is 43.3 Å². The molecule has 20 heavy (non-hydrogen) atoms. The number of esters is 1. The average molecular weight is 349 g/mol. The molecular weight excluding hydrogens is 334 g/mol. The standard InChI is InChI=1S/C13H15BrF2N2O2/c1-4-20-12(19)13(15,16)11(17-18(2)3)9-6-5-7-10(14)8-9/h5-8H,4H2,1-3H3/b17-11+. The fourth-order valence-electron chi connectivity index (χ4n) is 1.46. The first-order valence-corrected chi connectivity index (χ1v) is 6.65. The van der Waals surface area contributed by atoms with Gasteiger partial charge in [0.2, 0.25) is 0 Å². The number of carbonyl (C=O) groups is 1. The molecule has 7 heteroatoms. The second-order valence-electron chi connectivity index (χ2n) is 4.10. The average Bonchev–Trinajstić information content (AvgIpc) is 2.35. The Balaban J connectivity index is 3.30. The fraction of sp³-hybridized carbons (Fsp3) is 0.385. The molecule has 0 aliphatic rings. The first kappa shape index (κ1) is 16.6. The third kappa shape index (κ3) is 4.00. The van der Waals surface area contributed by atoms with Crippen LogP contribution in [0.1, 0.15) is 12.5 Å². The Morgan fingerprint density at radius 3 is 2.60 bits per heavy atom. The minimum atomic E-state index is -3.82. The zero-order chi connectivity index (χ0) is 15.3. The lowest BCUT2D eigenvalue weighted by Crippen LogP contribution is -2.41. The van der Waals surface area contributed by atoms with Crippen LogP contribution < -0.4 is 0 Å². The molecule has 0 aliphatic heterocycles. The van der Waals surface area contributed by atoms with Crippen LogP contribution in [0, 0.1) is 0 Å². The molecular formula is C13H15BrF2N2O2. The number of hydrogen-bond donors (Lipinski definition) is 0. The van der Waals surface area contributed by atoms with Crippen molar-refractivity contribution in [3.8, 4) is 0 Å². The molecule has 0 atom stereocenters. The maximum Gasteiger partial charge on any atom is 0.386 e. The Kier molecular flexibility index (Phi) is 5.62. The van der Waals surface area contributed by atoms with Gasteiger partial charge in [0.25, 0.3) is 0 Å². The summed E-state index contributed by atoms with van der Waals surface area (Å²) in [6.07, 6.45) is 0. The smallest absolute Gasteiger partial charge is 0.386 e. The second-order valence-corrected chi connectivity index (χ2v) is 5.02. The summed E-state index contributed by atoms with van der Waals surface area (Å²) in [7, 11) is 3.00. The van der Waals surface area contributed by atoms with Gasteiger partial charge in [-0.05, 0) is 19.1 Å². The normalized spacial score (nSPS) is 12.2. The highest BCUT2D eigenvalue weighted by Gasteiger charge is 2.47. The van der Waals surface area contributed by atoms with Gasteiger partial charge in [-0.25, -0.2) is 4.79 Å². The molecule has 0 unspecified atom stereocenters. The molecule has 1 rings (SSSR count). The summed E-state index contributed by atoms with van der Waals surface area (Å²) in [5, 5.41) is 4.95. The third-order valence-corrected chi connectivity index (χ3v) is 2.72. The monoisotopic (exact) mass is 348 g/mol. The van der Waals surface area contributed by atoms with Gasteiger partial charge in [-0.3, -0.25) is 0 Å². The summed E-state index contributed by atoms with van der Waals surface area (Å²) in [4.78, 5) is 11.5. The van der Waals surface area contributed by atoms with Crippen LogP contribution in [-0.2, 0) is 9.53 Å². The molecule has 0 fully saturated rings. The van der Waals surface area contributed by atoms with E-state index in [1.807, 2.05) is 0 Å². The van der Waals surface area contributed by atoms with Crippen LogP contribution in [0.4, 0.5) is 8.78 Å². The molecule has 1 aromatic carbocycles. The topological polar surface area (TPSA) is 41.9 Å². The van der Waals surface area contributed by atoms with Gasteiger partial charge in [-0.2, -0.15) is 13.9 Å². The van der Waals surface area contributed by atoms with Crippen molar-refractivity contribution in [1.29, 1.82) is 0 Å². The lowest BCUT2D eigenvalue weighted by atomic mass is 10.0. The van der Waals surface area contributed by atoms with Crippen LogP contribution in [0.2, 0.25) is 0 Å². The van der Waals surface area contributed by atoms with E-state index >= 15 is 0 Å². The van der Waals surface area contributed by atoms with Crippen molar-refractivity contribution in [3.63, 3.8) is 0 Å². The number of alkyl halides is 2. The Hall–Kier alpha value is -1.50. The SMILES string of the molecule is CCOC(=O)C(F)(F)/C(=N/N(C)C)c1cccc(Br)c1. The lowest BCUT2D eigenvalue weighted by molar-refractivity contribution is -0.162. The fourth-order valence-corrected chi connectivity index (χ4v) is 1.86. The molecule has 4 nitrogen and oxygen atoms in total.